The minimum atomic E-state index is -0.116. The lowest BCUT2D eigenvalue weighted by molar-refractivity contribution is -0.117. The number of anilines is 2. The monoisotopic (exact) mass is 263 g/mol. The molecule has 0 spiro atoms. The van der Waals surface area contributed by atoms with Gasteiger partial charge in [0.15, 0.2) is 6.29 Å². The van der Waals surface area contributed by atoms with E-state index in [-0.39, 0.29) is 11.3 Å². The van der Waals surface area contributed by atoms with Gasteiger partial charge in [-0.2, -0.15) is 0 Å². The van der Waals surface area contributed by atoms with E-state index in [4.69, 9.17) is 0 Å². The molecular formula is C14H21N3O2. The molecule has 1 amide bonds. The van der Waals surface area contributed by atoms with Gasteiger partial charge in [-0.15, -0.1) is 0 Å². The Labute approximate surface area is 114 Å². The summed E-state index contributed by atoms with van der Waals surface area (Å²) in [5.74, 6) is 0.561. The number of aromatic nitrogens is 1. The van der Waals surface area contributed by atoms with Crippen LogP contribution >= 0.6 is 0 Å². The van der Waals surface area contributed by atoms with Crippen molar-refractivity contribution >= 4 is 23.7 Å². The predicted molar refractivity (Wildman–Crippen MR) is 76.7 cm³/mol. The molecule has 104 valence electrons. The van der Waals surface area contributed by atoms with Crippen molar-refractivity contribution in [1.82, 2.24) is 4.98 Å². The molecule has 1 N–H and O–H groups in total. The number of carbonyl (C=O) groups is 2. The van der Waals surface area contributed by atoms with Crippen LogP contribution in [0.5, 0.6) is 0 Å². The van der Waals surface area contributed by atoms with Crippen molar-refractivity contribution < 1.29 is 9.59 Å². The van der Waals surface area contributed by atoms with Gasteiger partial charge in [0, 0.05) is 26.1 Å². The number of hydrogen-bond acceptors (Lipinski definition) is 4. The van der Waals surface area contributed by atoms with Crippen molar-refractivity contribution in [1.29, 1.82) is 0 Å². The molecule has 5 heteroatoms. The van der Waals surface area contributed by atoms with E-state index in [1.165, 1.54) is 6.20 Å². The third kappa shape index (κ3) is 4.69. The predicted octanol–water partition coefficient (Wildman–Crippen LogP) is 2.33. The molecule has 0 saturated carbocycles. The molecule has 0 bridgehead atoms. The summed E-state index contributed by atoms with van der Waals surface area (Å²) in [6.07, 6.45) is 2.63. The van der Waals surface area contributed by atoms with E-state index in [1.807, 2.05) is 34.9 Å². The van der Waals surface area contributed by atoms with E-state index < -0.39 is 0 Å². The topological polar surface area (TPSA) is 62.3 Å². The van der Waals surface area contributed by atoms with Crippen LogP contribution < -0.4 is 10.2 Å². The second-order valence-corrected chi connectivity index (χ2v) is 5.93. The Balaban J connectivity index is 2.90. The maximum Gasteiger partial charge on any atom is 0.224 e. The number of hydrogen-bond donors (Lipinski definition) is 1. The average Bonchev–Trinajstić information content (AvgIpc) is 2.26. The van der Waals surface area contributed by atoms with Crippen molar-refractivity contribution in [2.75, 3.05) is 24.3 Å². The van der Waals surface area contributed by atoms with Gasteiger partial charge in [-0.3, -0.25) is 9.59 Å². The first-order valence-electron chi connectivity index (χ1n) is 6.15. The number of nitrogens with zero attached hydrogens (tertiary/aromatic N) is 2. The van der Waals surface area contributed by atoms with Crippen LogP contribution in [0.15, 0.2) is 12.3 Å². The highest BCUT2D eigenvalue weighted by molar-refractivity contribution is 5.96. The number of amides is 1. The molecular weight excluding hydrogens is 242 g/mol. The summed E-state index contributed by atoms with van der Waals surface area (Å²) in [5, 5.41) is 2.73. The number of carbonyl (C=O) groups excluding carboxylic acids is 2. The van der Waals surface area contributed by atoms with Gasteiger partial charge < -0.3 is 10.2 Å². The van der Waals surface area contributed by atoms with Gasteiger partial charge in [0.05, 0.1) is 11.9 Å². The summed E-state index contributed by atoms with van der Waals surface area (Å²) >= 11 is 0. The van der Waals surface area contributed by atoms with Crippen molar-refractivity contribution in [2.24, 2.45) is 5.41 Å². The van der Waals surface area contributed by atoms with E-state index in [2.05, 4.69) is 10.3 Å². The lowest BCUT2D eigenvalue weighted by Crippen LogP contribution is -2.20. The smallest absolute Gasteiger partial charge is 0.224 e. The van der Waals surface area contributed by atoms with Crippen molar-refractivity contribution in [3.8, 4) is 0 Å². The van der Waals surface area contributed by atoms with Gasteiger partial charge in [-0.1, -0.05) is 20.8 Å². The van der Waals surface area contributed by atoms with Crippen LogP contribution in [0.25, 0.3) is 0 Å². The molecule has 1 aromatic heterocycles. The second-order valence-electron chi connectivity index (χ2n) is 5.93. The van der Waals surface area contributed by atoms with Crippen LogP contribution in [0.3, 0.4) is 0 Å². The maximum atomic E-state index is 11.8. The van der Waals surface area contributed by atoms with Crippen LogP contribution in [0, 0.1) is 5.41 Å². The minimum absolute atomic E-state index is 0.0948. The van der Waals surface area contributed by atoms with Crippen molar-refractivity contribution in [3.05, 3.63) is 17.8 Å². The Morgan fingerprint density at radius 2 is 2.05 bits per heavy atom. The minimum Gasteiger partial charge on any atom is -0.363 e. The van der Waals surface area contributed by atoms with Gasteiger partial charge in [0.1, 0.15) is 5.82 Å². The molecule has 1 heterocycles. The van der Waals surface area contributed by atoms with E-state index in [0.717, 1.165) is 6.29 Å². The number of pyridine rings is 1. The standard InChI is InChI=1S/C14H21N3O2/c1-14(2,3)7-13(19)16-11-8-15-12(17(4)5)6-10(11)9-18/h6,8-9H,7H2,1-5H3,(H,16,19). The summed E-state index contributed by atoms with van der Waals surface area (Å²) in [4.78, 5) is 28.9. The van der Waals surface area contributed by atoms with Gasteiger partial charge in [-0.05, 0) is 11.5 Å². The molecule has 5 nitrogen and oxygen atoms in total. The maximum absolute atomic E-state index is 11.8. The van der Waals surface area contributed by atoms with Gasteiger partial charge in [0.2, 0.25) is 5.91 Å². The molecule has 0 fully saturated rings. The Morgan fingerprint density at radius 1 is 1.42 bits per heavy atom. The van der Waals surface area contributed by atoms with Crippen LogP contribution in [0.4, 0.5) is 11.5 Å². The summed E-state index contributed by atoms with van der Waals surface area (Å²) in [7, 11) is 3.68. The van der Waals surface area contributed by atoms with Crippen molar-refractivity contribution in [3.63, 3.8) is 0 Å². The number of aldehydes is 1. The molecule has 0 aliphatic carbocycles. The largest absolute Gasteiger partial charge is 0.363 e. The van der Waals surface area contributed by atoms with Gasteiger partial charge in [-0.25, -0.2) is 4.98 Å². The molecule has 0 unspecified atom stereocenters. The zero-order chi connectivity index (χ0) is 14.6. The van der Waals surface area contributed by atoms with Crippen LogP contribution in [-0.2, 0) is 4.79 Å². The highest BCUT2D eigenvalue weighted by Crippen LogP contribution is 2.21. The Morgan fingerprint density at radius 3 is 2.53 bits per heavy atom. The Hall–Kier alpha value is -1.91. The molecule has 0 aromatic carbocycles. The third-order valence-corrected chi connectivity index (χ3v) is 2.47. The summed E-state index contributed by atoms with van der Waals surface area (Å²) in [6, 6.07) is 1.65. The second kappa shape index (κ2) is 5.82. The Bertz CT molecular complexity index is 476. The molecule has 0 radical (unpaired) electrons. The quantitative estimate of drug-likeness (QED) is 0.847. The van der Waals surface area contributed by atoms with E-state index in [1.54, 1.807) is 11.0 Å². The first-order chi connectivity index (χ1) is 8.73. The van der Waals surface area contributed by atoms with Crippen LogP contribution in [0.1, 0.15) is 37.6 Å². The lowest BCUT2D eigenvalue weighted by atomic mass is 9.92. The summed E-state index contributed by atoms with van der Waals surface area (Å²) < 4.78 is 0. The third-order valence-electron chi connectivity index (χ3n) is 2.47. The van der Waals surface area contributed by atoms with Gasteiger partial charge in [0.25, 0.3) is 0 Å². The van der Waals surface area contributed by atoms with E-state index >= 15 is 0 Å². The molecule has 0 atom stereocenters. The highest BCUT2D eigenvalue weighted by atomic mass is 16.1. The Kier molecular flexibility index (Phi) is 4.64. The molecule has 1 aromatic rings. The fourth-order valence-corrected chi connectivity index (χ4v) is 1.58. The van der Waals surface area contributed by atoms with Crippen molar-refractivity contribution in [2.45, 2.75) is 27.2 Å². The molecule has 1 rings (SSSR count). The number of nitrogens with one attached hydrogen (secondary N) is 1. The van der Waals surface area contributed by atoms with Crippen LogP contribution in [0.2, 0.25) is 0 Å². The SMILES string of the molecule is CN(C)c1cc(C=O)c(NC(=O)CC(C)(C)C)cn1. The molecule has 0 aliphatic heterocycles. The van der Waals surface area contributed by atoms with Gasteiger partial charge >= 0.3 is 0 Å². The normalized spacial score (nSPS) is 11.0. The first kappa shape index (κ1) is 15.1. The fourth-order valence-electron chi connectivity index (χ4n) is 1.58. The average molecular weight is 263 g/mol. The molecule has 0 saturated heterocycles. The fraction of sp³-hybridized carbons (Fsp3) is 0.500. The van der Waals surface area contributed by atoms with E-state index in [9.17, 15) is 9.59 Å². The molecule has 19 heavy (non-hydrogen) atoms. The zero-order valence-electron chi connectivity index (χ0n) is 12.2. The zero-order valence-corrected chi connectivity index (χ0v) is 12.2. The number of rotatable bonds is 4. The molecule has 0 aliphatic rings. The van der Waals surface area contributed by atoms with E-state index in [0.29, 0.717) is 23.5 Å². The lowest BCUT2D eigenvalue weighted by Gasteiger charge is -2.18. The summed E-state index contributed by atoms with van der Waals surface area (Å²) in [6.45, 7) is 5.96. The first-order valence-corrected chi connectivity index (χ1v) is 6.15. The highest BCUT2D eigenvalue weighted by Gasteiger charge is 2.17. The summed E-state index contributed by atoms with van der Waals surface area (Å²) in [5.41, 5.74) is 0.790. The van der Waals surface area contributed by atoms with Crippen LogP contribution in [-0.4, -0.2) is 31.3 Å².